The summed E-state index contributed by atoms with van der Waals surface area (Å²) in [5.41, 5.74) is 1.15. The fraction of sp³-hybridized carbons (Fsp3) is 0.500. The molecule has 1 rings (SSSR count). The SMILES string of the molecule is CC(C)CN(c1cc(F)cc(C#N)c1)C(C)C. The van der Waals surface area contributed by atoms with Gasteiger partial charge in [0.15, 0.2) is 0 Å². The summed E-state index contributed by atoms with van der Waals surface area (Å²) in [4.78, 5) is 2.12. The maximum Gasteiger partial charge on any atom is 0.126 e. The van der Waals surface area contributed by atoms with Crippen LogP contribution in [0, 0.1) is 23.1 Å². The Morgan fingerprint density at radius 1 is 1.24 bits per heavy atom. The van der Waals surface area contributed by atoms with Gasteiger partial charge in [0.05, 0.1) is 11.6 Å². The quantitative estimate of drug-likeness (QED) is 0.796. The molecule has 0 atom stereocenters. The van der Waals surface area contributed by atoms with Crippen molar-refractivity contribution in [2.24, 2.45) is 5.92 Å². The molecule has 17 heavy (non-hydrogen) atoms. The van der Waals surface area contributed by atoms with Gasteiger partial charge in [-0.1, -0.05) is 13.8 Å². The van der Waals surface area contributed by atoms with Crippen LogP contribution < -0.4 is 4.90 Å². The molecule has 0 N–H and O–H groups in total. The van der Waals surface area contributed by atoms with Crippen molar-refractivity contribution < 1.29 is 4.39 Å². The van der Waals surface area contributed by atoms with Gasteiger partial charge in [0.2, 0.25) is 0 Å². The van der Waals surface area contributed by atoms with Crippen LogP contribution in [0.4, 0.5) is 10.1 Å². The summed E-state index contributed by atoms with van der Waals surface area (Å²) in [6.45, 7) is 9.24. The highest BCUT2D eigenvalue weighted by Crippen LogP contribution is 2.21. The number of benzene rings is 1. The van der Waals surface area contributed by atoms with Gasteiger partial charge >= 0.3 is 0 Å². The summed E-state index contributed by atoms with van der Waals surface area (Å²) in [5, 5.41) is 8.85. The Morgan fingerprint density at radius 3 is 2.35 bits per heavy atom. The van der Waals surface area contributed by atoms with E-state index in [0.29, 0.717) is 11.5 Å². The van der Waals surface area contributed by atoms with Crippen LogP contribution in [0.3, 0.4) is 0 Å². The Hall–Kier alpha value is -1.56. The van der Waals surface area contributed by atoms with E-state index in [-0.39, 0.29) is 11.9 Å². The van der Waals surface area contributed by atoms with Crippen molar-refractivity contribution >= 4 is 5.69 Å². The van der Waals surface area contributed by atoms with Gasteiger partial charge in [0, 0.05) is 18.3 Å². The van der Waals surface area contributed by atoms with Crippen LogP contribution in [0.15, 0.2) is 18.2 Å². The average molecular weight is 234 g/mol. The van der Waals surface area contributed by atoms with Gasteiger partial charge < -0.3 is 4.90 Å². The number of hydrogen-bond donors (Lipinski definition) is 0. The molecular formula is C14H19FN2. The highest BCUT2D eigenvalue weighted by Gasteiger charge is 2.13. The van der Waals surface area contributed by atoms with Gasteiger partial charge in [-0.3, -0.25) is 0 Å². The van der Waals surface area contributed by atoms with Gasteiger partial charge in [-0.15, -0.1) is 0 Å². The minimum Gasteiger partial charge on any atom is -0.369 e. The third kappa shape index (κ3) is 3.74. The predicted octanol–water partition coefficient (Wildman–Crippen LogP) is 3.57. The summed E-state index contributed by atoms with van der Waals surface area (Å²) < 4.78 is 13.4. The van der Waals surface area contributed by atoms with E-state index in [2.05, 4.69) is 32.6 Å². The van der Waals surface area contributed by atoms with Crippen LogP contribution in [0.5, 0.6) is 0 Å². The fourth-order valence-electron chi connectivity index (χ4n) is 1.81. The van der Waals surface area contributed by atoms with Crippen LogP contribution in [0.25, 0.3) is 0 Å². The molecule has 2 nitrogen and oxygen atoms in total. The standard InChI is InChI=1S/C14H19FN2/c1-10(2)9-17(11(3)4)14-6-12(8-16)5-13(15)7-14/h5-7,10-11H,9H2,1-4H3. The zero-order valence-electron chi connectivity index (χ0n) is 10.9. The molecule has 1 aromatic carbocycles. The molecule has 0 saturated carbocycles. The normalized spacial score (nSPS) is 10.7. The van der Waals surface area contributed by atoms with Crippen molar-refractivity contribution in [3.05, 3.63) is 29.6 Å². The summed E-state index contributed by atoms with van der Waals surface area (Å²) in [7, 11) is 0. The van der Waals surface area contributed by atoms with Crippen LogP contribution in [0.1, 0.15) is 33.3 Å². The molecular weight excluding hydrogens is 215 g/mol. The maximum atomic E-state index is 13.4. The maximum absolute atomic E-state index is 13.4. The van der Waals surface area contributed by atoms with E-state index in [1.165, 1.54) is 12.1 Å². The molecule has 1 aromatic rings. The lowest BCUT2D eigenvalue weighted by Crippen LogP contribution is -2.34. The minimum atomic E-state index is -0.353. The number of halogens is 1. The van der Waals surface area contributed by atoms with Crippen molar-refractivity contribution in [2.45, 2.75) is 33.7 Å². The number of nitriles is 1. The molecule has 0 aromatic heterocycles. The van der Waals surface area contributed by atoms with Crippen LogP contribution in [-0.2, 0) is 0 Å². The molecule has 0 spiro atoms. The molecule has 0 fully saturated rings. The third-order valence-electron chi connectivity index (χ3n) is 2.53. The van der Waals surface area contributed by atoms with Crippen molar-refractivity contribution in [1.82, 2.24) is 0 Å². The predicted molar refractivity (Wildman–Crippen MR) is 68.4 cm³/mol. The first-order valence-electron chi connectivity index (χ1n) is 5.91. The number of rotatable bonds is 4. The Morgan fingerprint density at radius 2 is 1.88 bits per heavy atom. The lowest BCUT2D eigenvalue weighted by Gasteiger charge is -2.30. The number of hydrogen-bond acceptors (Lipinski definition) is 2. The van der Waals surface area contributed by atoms with Crippen LogP contribution in [-0.4, -0.2) is 12.6 Å². The van der Waals surface area contributed by atoms with Gasteiger partial charge in [-0.2, -0.15) is 5.26 Å². The van der Waals surface area contributed by atoms with Crippen LogP contribution >= 0.6 is 0 Å². The first-order chi connectivity index (χ1) is 7.93. The first kappa shape index (κ1) is 13.5. The van der Waals surface area contributed by atoms with E-state index in [1.54, 1.807) is 6.07 Å². The Bertz CT molecular complexity index is 419. The van der Waals surface area contributed by atoms with Crippen molar-refractivity contribution in [1.29, 1.82) is 5.26 Å². The molecule has 0 unspecified atom stereocenters. The summed E-state index contributed by atoms with van der Waals surface area (Å²) in [6.07, 6.45) is 0. The van der Waals surface area contributed by atoms with E-state index < -0.39 is 0 Å². The molecule has 0 amide bonds. The molecule has 3 heteroatoms. The number of nitrogens with zero attached hydrogens (tertiary/aromatic N) is 2. The second-order valence-corrected chi connectivity index (χ2v) is 4.95. The van der Waals surface area contributed by atoms with Gasteiger partial charge in [0.1, 0.15) is 5.82 Å². The molecule has 0 heterocycles. The van der Waals surface area contributed by atoms with E-state index >= 15 is 0 Å². The fourth-order valence-corrected chi connectivity index (χ4v) is 1.81. The Labute approximate surface area is 103 Å². The van der Waals surface area contributed by atoms with Crippen molar-refractivity contribution in [3.8, 4) is 6.07 Å². The zero-order valence-corrected chi connectivity index (χ0v) is 10.9. The minimum absolute atomic E-state index is 0.283. The Kier molecular flexibility index (Phi) is 4.51. The topological polar surface area (TPSA) is 27.0 Å². The third-order valence-corrected chi connectivity index (χ3v) is 2.53. The summed E-state index contributed by atoms with van der Waals surface area (Å²) in [6, 6.07) is 6.76. The molecule has 0 aliphatic heterocycles. The largest absolute Gasteiger partial charge is 0.369 e. The second kappa shape index (κ2) is 5.67. The lowest BCUT2D eigenvalue weighted by atomic mass is 10.1. The van der Waals surface area contributed by atoms with Crippen molar-refractivity contribution in [2.75, 3.05) is 11.4 Å². The Balaban J connectivity index is 3.10. The smallest absolute Gasteiger partial charge is 0.126 e. The first-order valence-corrected chi connectivity index (χ1v) is 5.91. The van der Waals surface area contributed by atoms with E-state index in [4.69, 9.17) is 5.26 Å². The second-order valence-electron chi connectivity index (χ2n) is 4.95. The number of anilines is 1. The molecule has 0 saturated heterocycles. The van der Waals surface area contributed by atoms with Crippen molar-refractivity contribution in [3.63, 3.8) is 0 Å². The monoisotopic (exact) mass is 234 g/mol. The molecule has 0 aliphatic rings. The van der Waals surface area contributed by atoms with Gasteiger partial charge in [-0.05, 0) is 38.0 Å². The van der Waals surface area contributed by atoms with Crippen LogP contribution in [0.2, 0.25) is 0 Å². The molecule has 0 bridgehead atoms. The van der Waals surface area contributed by atoms with Gasteiger partial charge in [-0.25, -0.2) is 4.39 Å². The highest BCUT2D eigenvalue weighted by molar-refractivity contribution is 5.52. The average Bonchev–Trinajstić information content (AvgIpc) is 2.24. The van der Waals surface area contributed by atoms with Gasteiger partial charge in [0.25, 0.3) is 0 Å². The van der Waals surface area contributed by atoms with E-state index in [1.807, 2.05) is 6.07 Å². The lowest BCUT2D eigenvalue weighted by molar-refractivity contribution is 0.567. The van der Waals surface area contributed by atoms with E-state index in [9.17, 15) is 4.39 Å². The summed E-state index contributed by atoms with van der Waals surface area (Å²) >= 11 is 0. The molecule has 0 radical (unpaired) electrons. The highest BCUT2D eigenvalue weighted by atomic mass is 19.1. The zero-order chi connectivity index (χ0) is 13.0. The summed E-state index contributed by atoms with van der Waals surface area (Å²) in [5.74, 6) is 0.139. The molecule has 0 aliphatic carbocycles. The molecule has 92 valence electrons. The van der Waals surface area contributed by atoms with E-state index in [0.717, 1.165) is 12.2 Å².